The number of nitrogen functional groups attached to an aromatic ring is 1. The highest BCUT2D eigenvalue weighted by Crippen LogP contribution is 2.14. The highest BCUT2D eigenvalue weighted by molar-refractivity contribution is 9.10. The molecule has 0 unspecified atom stereocenters. The molecule has 17 heavy (non-hydrogen) atoms. The Morgan fingerprint density at radius 3 is 3.00 bits per heavy atom. The Morgan fingerprint density at radius 1 is 1.35 bits per heavy atom. The molecule has 1 aromatic heterocycles. The van der Waals surface area contributed by atoms with Crippen molar-refractivity contribution in [3.8, 4) is 5.88 Å². The second kappa shape index (κ2) is 5.60. The molecule has 0 saturated heterocycles. The highest BCUT2D eigenvalue weighted by Gasteiger charge is 2.00. The minimum atomic E-state index is 0.431. The molecule has 88 valence electrons. The van der Waals surface area contributed by atoms with Gasteiger partial charge in [0.25, 0.3) is 0 Å². The van der Waals surface area contributed by atoms with Crippen LogP contribution in [0.5, 0.6) is 5.88 Å². The average Bonchev–Trinajstić information content (AvgIpc) is 2.37. The molecule has 0 amide bonds. The Bertz CT molecular complexity index is 506. The molecule has 2 rings (SSSR count). The van der Waals surface area contributed by atoms with E-state index in [9.17, 15) is 0 Å². The van der Waals surface area contributed by atoms with Crippen molar-refractivity contribution >= 4 is 21.7 Å². The lowest BCUT2D eigenvalue weighted by Gasteiger charge is -2.06. The van der Waals surface area contributed by atoms with Crippen LogP contribution in [-0.2, 0) is 6.61 Å². The number of nitrogens with one attached hydrogen (secondary N) is 1. The molecule has 2 aromatic rings. The van der Waals surface area contributed by atoms with E-state index in [1.165, 1.54) is 6.20 Å². The smallest absolute Gasteiger partial charge is 0.234 e. The fraction of sp³-hybridized carbons (Fsp3) is 0.0909. The molecule has 5 nitrogen and oxygen atoms in total. The summed E-state index contributed by atoms with van der Waals surface area (Å²) in [5.74, 6) is 6.13. The Balaban J connectivity index is 2.02. The van der Waals surface area contributed by atoms with Crippen LogP contribution in [0.2, 0.25) is 0 Å². The van der Waals surface area contributed by atoms with Crippen molar-refractivity contribution in [3.05, 3.63) is 46.7 Å². The van der Waals surface area contributed by atoms with Gasteiger partial charge < -0.3 is 10.2 Å². The van der Waals surface area contributed by atoms with Gasteiger partial charge in [0, 0.05) is 4.47 Å². The number of hydrogen-bond donors (Lipinski definition) is 2. The van der Waals surface area contributed by atoms with Gasteiger partial charge in [0.05, 0.1) is 12.4 Å². The maximum absolute atomic E-state index is 5.50. The molecule has 3 N–H and O–H groups in total. The number of anilines is 1. The average molecular weight is 295 g/mol. The van der Waals surface area contributed by atoms with Gasteiger partial charge in [-0.25, -0.2) is 5.84 Å². The Kier molecular flexibility index (Phi) is 3.89. The van der Waals surface area contributed by atoms with Gasteiger partial charge in [-0.15, -0.1) is 0 Å². The van der Waals surface area contributed by atoms with Gasteiger partial charge in [-0.1, -0.05) is 28.1 Å². The van der Waals surface area contributed by atoms with E-state index in [1.54, 1.807) is 6.20 Å². The summed E-state index contributed by atoms with van der Waals surface area (Å²) >= 11 is 3.40. The number of ether oxygens (including phenoxy) is 1. The molecule has 6 heteroatoms. The number of aromatic nitrogens is 2. The summed E-state index contributed by atoms with van der Waals surface area (Å²) in [6.45, 7) is 0.433. The summed E-state index contributed by atoms with van der Waals surface area (Å²) in [6, 6.07) is 7.87. The van der Waals surface area contributed by atoms with Gasteiger partial charge in [0.15, 0.2) is 5.82 Å². The number of halogens is 1. The minimum Gasteiger partial charge on any atom is -0.472 e. The molecule has 0 atom stereocenters. The molecule has 1 aromatic carbocycles. The van der Waals surface area contributed by atoms with Gasteiger partial charge in [-0.2, -0.15) is 4.98 Å². The molecule has 0 saturated carbocycles. The van der Waals surface area contributed by atoms with Gasteiger partial charge in [0.2, 0.25) is 5.88 Å². The fourth-order valence-electron chi connectivity index (χ4n) is 1.27. The van der Waals surface area contributed by atoms with Crippen molar-refractivity contribution in [2.45, 2.75) is 6.61 Å². The Labute approximate surface area is 107 Å². The van der Waals surface area contributed by atoms with E-state index in [4.69, 9.17) is 10.6 Å². The number of hydrazine groups is 1. The maximum Gasteiger partial charge on any atom is 0.234 e. The number of benzene rings is 1. The lowest BCUT2D eigenvalue weighted by molar-refractivity contribution is 0.293. The van der Waals surface area contributed by atoms with Crippen molar-refractivity contribution in [2.75, 3.05) is 5.43 Å². The van der Waals surface area contributed by atoms with Gasteiger partial charge in [-0.05, 0) is 17.7 Å². The van der Waals surface area contributed by atoms with Crippen LogP contribution in [0.15, 0.2) is 41.1 Å². The van der Waals surface area contributed by atoms with Crippen LogP contribution in [0.25, 0.3) is 0 Å². The van der Waals surface area contributed by atoms with E-state index in [-0.39, 0.29) is 0 Å². The van der Waals surface area contributed by atoms with Crippen LogP contribution in [0.3, 0.4) is 0 Å². The number of hydrogen-bond acceptors (Lipinski definition) is 5. The zero-order valence-electron chi connectivity index (χ0n) is 8.93. The predicted octanol–water partition coefficient (Wildman–Crippen LogP) is 2.10. The topological polar surface area (TPSA) is 73.1 Å². The molecule has 0 aliphatic rings. The van der Waals surface area contributed by atoms with E-state index in [1.807, 2.05) is 24.3 Å². The first-order valence-corrected chi connectivity index (χ1v) is 5.73. The zero-order chi connectivity index (χ0) is 12.1. The molecular weight excluding hydrogens is 284 g/mol. The molecule has 0 radical (unpaired) electrons. The second-order valence-corrected chi connectivity index (χ2v) is 4.22. The second-order valence-electron chi connectivity index (χ2n) is 3.31. The van der Waals surface area contributed by atoms with E-state index in [2.05, 4.69) is 31.3 Å². The van der Waals surface area contributed by atoms with Crippen LogP contribution in [0.1, 0.15) is 5.56 Å². The quantitative estimate of drug-likeness (QED) is 0.667. The maximum atomic E-state index is 5.50. The SMILES string of the molecule is NNc1cncc(OCc2cccc(Br)c2)n1. The predicted molar refractivity (Wildman–Crippen MR) is 68.3 cm³/mol. The lowest BCUT2D eigenvalue weighted by atomic mass is 10.2. The standard InChI is InChI=1S/C11H11BrN4O/c12-9-3-1-2-8(4-9)7-17-11-6-14-5-10(15-11)16-13/h1-6H,7,13H2,(H,15,16). The molecule has 0 bridgehead atoms. The van der Waals surface area contributed by atoms with Gasteiger partial charge >= 0.3 is 0 Å². The van der Waals surface area contributed by atoms with Crippen molar-refractivity contribution in [2.24, 2.45) is 5.84 Å². The Morgan fingerprint density at radius 2 is 2.24 bits per heavy atom. The summed E-state index contributed by atoms with van der Waals surface area (Å²) in [7, 11) is 0. The fourth-order valence-corrected chi connectivity index (χ4v) is 1.72. The summed E-state index contributed by atoms with van der Waals surface area (Å²) in [5, 5.41) is 0. The van der Waals surface area contributed by atoms with E-state index in [0.29, 0.717) is 18.3 Å². The largest absolute Gasteiger partial charge is 0.472 e. The highest BCUT2D eigenvalue weighted by atomic mass is 79.9. The van der Waals surface area contributed by atoms with Crippen molar-refractivity contribution < 1.29 is 4.74 Å². The van der Waals surface area contributed by atoms with Gasteiger partial charge in [-0.3, -0.25) is 4.98 Å². The van der Waals surface area contributed by atoms with Crippen LogP contribution in [-0.4, -0.2) is 9.97 Å². The van der Waals surface area contributed by atoms with Gasteiger partial charge in [0.1, 0.15) is 6.61 Å². The van der Waals surface area contributed by atoms with E-state index < -0.39 is 0 Å². The van der Waals surface area contributed by atoms with E-state index in [0.717, 1.165) is 10.0 Å². The Hall–Kier alpha value is -1.66. The molecule has 0 aliphatic carbocycles. The van der Waals surface area contributed by atoms with Crippen LogP contribution >= 0.6 is 15.9 Å². The summed E-state index contributed by atoms with van der Waals surface area (Å²) in [6.07, 6.45) is 3.06. The summed E-state index contributed by atoms with van der Waals surface area (Å²) in [5.41, 5.74) is 3.46. The lowest BCUT2D eigenvalue weighted by Crippen LogP contribution is -2.09. The molecule has 0 spiro atoms. The first kappa shape index (κ1) is 11.8. The monoisotopic (exact) mass is 294 g/mol. The molecular formula is C11H11BrN4O. The third-order valence-corrected chi connectivity index (χ3v) is 2.53. The normalized spacial score (nSPS) is 10.0. The van der Waals surface area contributed by atoms with Crippen LogP contribution in [0, 0.1) is 0 Å². The molecule has 0 aliphatic heterocycles. The third kappa shape index (κ3) is 3.40. The first-order chi connectivity index (χ1) is 8.28. The third-order valence-electron chi connectivity index (χ3n) is 2.04. The number of nitrogens with zero attached hydrogens (tertiary/aromatic N) is 2. The molecule has 1 heterocycles. The van der Waals surface area contributed by atoms with Crippen LogP contribution < -0.4 is 16.0 Å². The minimum absolute atomic E-state index is 0.431. The zero-order valence-corrected chi connectivity index (χ0v) is 10.5. The number of nitrogens with two attached hydrogens (primary N) is 1. The van der Waals surface area contributed by atoms with Crippen LogP contribution in [0.4, 0.5) is 5.82 Å². The summed E-state index contributed by atoms with van der Waals surface area (Å²) < 4.78 is 6.52. The van der Waals surface area contributed by atoms with Crippen molar-refractivity contribution in [1.82, 2.24) is 9.97 Å². The van der Waals surface area contributed by atoms with Crippen molar-refractivity contribution in [1.29, 1.82) is 0 Å². The van der Waals surface area contributed by atoms with Crippen molar-refractivity contribution in [3.63, 3.8) is 0 Å². The summed E-state index contributed by atoms with van der Waals surface area (Å²) in [4.78, 5) is 8.04. The first-order valence-electron chi connectivity index (χ1n) is 4.94. The van der Waals surface area contributed by atoms with E-state index >= 15 is 0 Å². The molecule has 0 fully saturated rings. The number of rotatable bonds is 4.